The molecule has 0 aromatic carbocycles. The molecule has 0 aliphatic heterocycles. The van der Waals surface area contributed by atoms with E-state index in [-0.39, 0.29) is 17.5 Å². The Morgan fingerprint density at radius 1 is 1.19 bits per heavy atom. The summed E-state index contributed by atoms with van der Waals surface area (Å²) in [5.74, 6) is 2.14. The molecule has 1 heterocycles. The molecular formula is C20H30N3O2S+. The lowest BCUT2D eigenvalue weighted by Crippen LogP contribution is -3.09. The number of carbonyl (C=O) groups is 2. The lowest BCUT2D eigenvalue weighted by atomic mass is 9.53. The maximum absolute atomic E-state index is 12.4. The van der Waals surface area contributed by atoms with Crippen molar-refractivity contribution in [3.8, 4) is 0 Å². The van der Waals surface area contributed by atoms with E-state index < -0.39 is 0 Å². The van der Waals surface area contributed by atoms with Gasteiger partial charge in [-0.3, -0.25) is 10.1 Å². The summed E-state index contributed by atoms with van der Waals surface area (Å²) in [5, 5.41) is 7.86. The second-order valence-electron chi connectivity index (χ2n) is 9.04. The molecule has 142 valence electrons. The zero-order valence-corrected chi connectivity index (χ0v) is 16.6. The van der Waals surface area contributed by atoms with E-state index in [0.717, 1.165) is 48.5 Å². The van der Waals surface area contributed by atoms with Gasteiger partial charge in [0, 0.05) is 5.54 Å². The highest BCUT2D eigenvalue weighted by atomic mass is 32.1. The molecule has 0 saturated heterocycles. The molecule has 5 nitrogen and oxygen atoms in total. The van der Waals surface area contributed by atoms with Crippen LogP contribution >= 0.6 is 11.3 Å². The maximum Gasteiger partial charge on any atom is 0.322 e. The standard InChI is InChI=1S/C20H29N3O2S/c1-13-3-4-26-17(13)11-23(2)12-18(24)21-19(25)22-20-8-14-5-15(9-20)7-16(6-14)10-20/h3-4,14-16H,5-12H2,1-2H3,(H2,21,22,24,25)/p+1. The van der Waals surface area contributed by atoms with Crippen LogP contribution in [-0.2, 0) is 11.3 Å². The van der Waals surface area contributed by atoms with Gasteiger partial charge in [0.1, 0.15) is 6.54 Å². The first-order valence-electron chi connectivity index (χ1n) is 9.87. The molecule has 1 aromatic rings. The normalized spacial score (nSPS) is 33.1. The van der Waals surface area contributed by atoms with E-state index >= 15 is 0 Å². The van der Waals surface area contributed by atoms with E-state index in [1.807, 2.05) is 7.05 Å². The number of nitrogens with one attached hydrogen (secondary N) is 3. The molecule has 4 saturated carbocycles. The molecule has 4 aliphatic carbocycles. The first kappa shape index (κ1) is 18.0. The second-order valence-corrected chi connectivity index (χ2v) is 10.0. The van der Waals surface area contributed by atoms with Crippen molar-refractivity contribution in [1.29, 1.82) is 0 Å². The lowest BCUT2D eigenvalue weighted by molar-refractivity contribution is -0.885. The predicted molar refractivity (Wildman–Crippen MR) is 102 cm³/mol. The number of likely N-dealkylation sites (N-methyl/N-ethyl adjacent to an activating group) is 1. The number of thiophene rings is 1. The Balaban J connectivity index is 1.27. The number of imide groups is 1. The lowest BCUT2D eigenvalue weighted by Gasteiger charge is -2.56. The van der Waals surface area contributed by atoms with Crippen LogP contribution in [0.4, 0.5) is 4.79 Å². The number of amides is 3. The Bertz CT molecular complexity index is 664. The predicted octanol–water partition coefficient (Wildman–Crippen LogP) is 1.87. The molecule has 26 heavy (non-hydrogen) atoms. The van der Waals surface area contributed by atoms with Crippen molar-refractivity contribution in [2.45, 2.75) is 57.5 Å². The molecular weight excluding hydrogens is 346 g/mol. The Morgan fingerprint density at radius 2 is 1.81 bits per heavy atom. The highest BCUT2D eigenvalue weighted by Gasteiger charge is 2.51. The number of urea groups is 1. The van der Waals surface area contributed by atoms with E-state index in [9.17, 15) is 9.59 Å². The molecule has 4 bridgehead atoms. The summed E-state index contributed by atoms with van der Waals surface area (Å²) in [7, 11) is 2.00. The van der Waals surface area contributed by atoms with Crippen molar-refractivity contribution < 1.29 is 14.5 Å². The van der Waals surface area contributed by atoms with Gasteiger partial charge in [-0.15, -0.1) is 11.3 Å². The zero-order valence-electron chi connectivity index (χ0n) is 15.8. The second kappa shape index (κ2) is 6.97. The molecule has 0 spiro atoms. The molecule has 3 N–H and O–H groups in total. The van der Waals surface area contributed by atoms with E-state index in [4.69, 9.17) is 0 Å². The average Bonchev–Trinajstić information content (AvgIpc) is 2.89. The SMILES string of the molecule is Cc1ccsc1C[NH+](C)CC(=O)NC(=O)NC12CC3CC(CC(C3)C1)C2. The largest absolute Gasteiger partial charge is 0.332 e. The summed E-state index contributed by atoms with van der Waals surface area (Å²) < 4.78 is 0. The van der Waals surface area contributed by atoms with Crippen molar-refractivity contribution in [1.82, 2.24) is 10.6 Å². The molecule has 4 aliphatic rings. The fourth-order valence-corrected chi connectivity index (χ4v) is 6.92. The van der Waals surface area contributed by atoms with Crippen molar-refractivity contribution >= 4 is 23.3 Å². The molecule has 4 fully saturated rings. The minimum Gasteiger partial charge on any atom is -0.332 e. The first-order chi connectivity index (χ1) is 12.4. The Hall–Kier alpha value is -1.40. The Morgan fingerprint density at radius 3 is 2.35 bits per heavy atom. The molecule has 6 heteroatoms. The number of carbonyl (C=O) groups excluding carboxylic acids is 2. The summed E-state index contributed by atoms with van der Waals surface area (Å²) in [5.41, 5.74) is 1.22. The van der Waals surface area contributed by atoms with E-state index in [1.165, 1.54) is 29.7 Å². The van der Waals surface area contributed by atoms with Crippen LogP contribution in [0.1, 0.15) is 49.0 Å². The van der Waals surface area contributed by atoms with Crippen molar-refractivity contribution in [3.63, 3.8) is 0 Å². The van der Waals surface area contributed by atoms with E-state index in [2.05, 4.69) is 29.0 Å². The van der Waals surface area contributed by atoms with Gasteiger partial charge in [-0.1, -0.05) is 0 Å². The molecule has 0 radical (unpaired) electrons. The Kier molecular flexibility index (Phi) is 4.82. The smallest absolute Gasteiger partial charge is 0.322 e. The monoisotopic (exact) mass is 376 g/mol. The number of rotatable bonds is 5. The van der Waals surface area contributed by atoms with Gasteiger partial charge >= 0.3 is 6.03 Å². The zero-order chi connectivity index (χ0) is 18.3. The maximum atomic E-state index is 12.4. The van der Waals surface area contributed by atoms with Crippen LogP contribution in [0.15, 0.2) is 11.4 Å². The van der Waals surface area contributed by atoms with Crippen LogP contribution in [0.2, 0.25) is 0 Å². The third-order valence-corrected chi connectivity index (χ3v) is 7.59. The minimum absolute atomic E-state index is 0.0496. The van der Waals surface area contributed by atoms with Crippen LogP contribution in [0, 0.1) is 24.7 Å². The average molecular weight is 377 g/mol. The quantitative estimate of drug-likeness (QED) is 0.735. The van der Waals surface area contributed by atoms with Crippen LogP contribution < -0.4 is 15.5 Å². The number of hydrogen-bond acceptors (Lipinski definition) is 3. The van der Waals surface area contributed by atoms with Gasteiger partial charge in [-0.25, -0.2) is 4.79 Å². The van der Waals surface area contributed by atoms with Gasteiger partial charge in [-0.05, 0) is 80.2 Å². The summed E-state index contributed by atoms with van der Waals surface area (Å²) in [6.45, 7) is 3.22. The summed E-state index contributed by atoms with van der Waals surface area (Å²) >= 11 is 1.72. The first-order valence-corrected chi connectivity index (χ1v) is 10.7. The highest BCUT2D eigenvalue weighted by molar-refractivity contribution is 7.10. The molecule has 5 rings (SSSR count). The van der Waals surface area contributed by atoms with Crippen LogP contribution in [-0.4, -0.2) is 31.1 Å². The van der Waals surface area contributed by atoms with Gasteiger partial charge in [-0.2, -0.15) is 0 Å². The Labute approximate surface area is 159 Å². The summed E-state index contributed by atoms with van der Waals surface area (Å²) in [4.78, 5) is 27.1. The third kappa shape index (κ3) is 3.81. The van der Waals surface area contributed by atoms with Crippen LogP contribution in [0.3, 0.4) is 0 Å². The fourth-order valence-electron chi connectivity index (χ4n) is 5.90. The van der Waals surface area contributed by atoms with E-state index in [0.29, 0.717) is 6.54 Å². The third-order valence-electron chi connectivity index (χ3n) is 6.56. The number of quaternary nitrogens is 1. The number of aryl methyl sites for hydroxylation is 1. The van der Waals surface area contributed by atoms with Gasteiger partial charge in [0.15, 0.2) is 6.54 Å². The molecule has 1 atom stereocenters. The van der Waals surface area contributed by atoms with Crippen LogP contribution in [0.25, 0.3) is 0 Å². The van der Waals surface area contributed by atoms with Crippen LogP contribution in [0.5, 0.6) is 0 Å². The number of hydrogen-bond donors (Lipinski definition) is 3. The minimum atomic E-state index is -0.294. The fraction of sp³-hybridized carbons (Fsp3) is 0.700. The van der Waals surface area contributed by atoms with Gasteiger partial charge in [0.25, 0.3) is 5.91 Å². The van der Waals surface area contributed by atoms with Gasteiger partial charge < -0.3 is 10.2 Å². The van der Waals surface area contributed by atoms with Crippen molar-refractivity contribution in [3.05, 3.63) is 21.9 Å². The van der Waals surface area contributed by atoms with E-state index in [1.54, 1.807) is 11.3 Å². The van der Waals surface area contributed by atoms with Crippen molar-refractivity contribution in [2.24, 2.45) is 17.8 Å². The topological polar surface area (TPSA) is 62.6 Å². The van der Waals surface area contributed by atoms with Gasteiger partial charge in [0.2, 0.25) is 0 Å². The summed E-state index contributed by atoms with van der Waals surface area (Å²) in [6.07, 6.45) is 7.34. The molecule has 1 unspecified atom stereocenters. The van der Waals surface area contributed by atoms with Gasteiger partial charge in [0.05, 0.1) is 11.9 Å². The summed E-state index contributed by atoms with van der Waals surface area (Å²) in [6, 6.07) is 1.81. The molecule has 1 aromatic heterocycles. The van der Waals surface area contributed by atoms with Crippen molar-refractivity contribution in [2.75, 3.05) is 13.6 Å². The highest BCUT2D eigenvalue weighted by Crippen LogP contribution is 2.55. The molecule has 3 amide bonds.